The van der Waals surface area contributed by atoms with Crippen molar-refractivity contribution in [2.75, 3.05) is 19.6 Å². The maximum atomic E-state index is 12.4. The maximum absolute atomic E-state index is 12.4. The average molecular weight is 275 g/mol. The third-order valence-electron chi connectivity index (χ3n) is 2.92. The second-order valence-electron chi connectivity index (χ2n) is 4.72. The zero-order valence-corrected chi connectivity index (χ0v) is 11.2. The Balaban J connectivity index is 2.71. The summed E-state index contributed by atoms with van der Waals surface area (Å²) in [6.45, 7) is 3.00. The van der Waals surface area contributed by atoms with Crippen LogP contribution in [0.15, 0.2) is 24.3 Å². The van der Waals surface area contributed by atoms with Gasteiger partial charge in [0.25, 0.3) is 0 Å². The molecule has 1 N–H and O–H groups in total. The van der Waals surface area contributed by atoms with E-state index < -0.39 is 18.8 Å². The summed E-state index contributed by atoms with van der Waals surface area (Å²) >= 11 is 0. The molecule has 0 aliphatic carbocycles. The normalized spacial score (nSPS) is 13.8. The van der Waals surface area contributed by atoms with Crippen molar-refractivity contribution in [2.24, 2.45) is 0 Å². The zero-order valence-electron chi connectivity index (χ0n) is 11.2. The van der Waals surface area contributed by atoms with Crippen LogP contribution in [0.5, 0.6) is 0 Å². The molecule has 0 aliphatic rings. The molecule has 0 aliphatic heterocycles. The predicted molar refractivity (Wildman–Crippen MR) is 68.9 cm³/mol. The summed E-state index contributed by atoms with van der Waals surface area (Å²) in [6, 6.07) is 7.20. The van der Waals surface area contributed by atoms with Gasteiger partial charge in [0.2, 0.25) is 0 Å². The molecule has 0 aromatic heterocycles. The predicted octanol–water partition coefficient (Wildman–Crippen LogP) is 3.30. The van der Waals surface area contributed by atoms with Crippen molar-refractivity contribution in [3.05, 3.63) is 35.4 Å². The number of rotatable bonds is 6. The molecule has 1 unspecified atom stereocenters. The van der Waals surface area contributed by atoms with Gasteiger partial charge in [-0.1, -0.05) is 31.2 Å². The molecule has 108 valence electrons. The lowest BCUT2D eigenvalue weighted by Gasteiger charge is -2.26. The van der Waals surface area contributed by atoms with E-state index in [1.165, 1.54) is 4.90 Å². The average Bonchev–Trinajstić information content (AvgIpc) is 2.27. The molecule has 19 heavy (non-hydrogen) atoms. The Hall–Kier alpha value is -1.07. The standard InChI is InChI=1S/C14H20F3NO/c1-3-8-18(10-14(15,16)17)9-13(19)12-7-5-4-6-11(12)2/h4-7,13,19H,3,8-10H2,1-2H3. The minimum Gasteiger partial charge on any atom is -0.387 e. The highest BCUT2D eigenvalue weighted by Crippen LogP contribution is 2.21. The van der Waals surface area contributed by atoms with Crippen LogP contribution in [0.25, 0.3) is 0 Å². The van der Waals surface area contributed by atoms with Crippen molar-refractivity contribution in [1.82, 2.24) is 4.90 Å². The number of nitrogens with zero attached hydrogens (tertiary/aromatic N) is 1. The highest BCUT2D eigenvalue weighted by atomic mass is 19.4. The monoisotopic (exact) mass is 275 g/mol. The van der Waals surface area contributed by atoms with E-state index in [9.17, 15) is 18.3 Å². The Morgan fingerprint density at radius 3 is 2.42 bits per heavy atom. The lowest BCUT2D eigenvalue weighted by atomic mass is 10.0. The Morgan fingerprint density at radius 1 is 1.26 bits per heavy atom. The minimum absolute atomic E-state index is 0.00178. The molecule has 0 radical (unpaired) electrons. The lowest BCUT2D eigenvalue weighted by Crippen LogP contribution is -2.37. The number of alkyl halides is 3. The van der Waals surface area contributed by atoms with Gasteiger partial charge in [0.1, 0.15) is 0 Å². The fourth-order valence-corrected chi connectivity index (χ4v) is 2.11. The topological polar surface area (TPSA) is 23.5 Å². The molecule has 0 saturated carbocycles. The number of aliphatic hydroxyl groups is 1. The molecule has 1 aromatic rings. The zero-order chi connectivity index (χ0) is 14.5. The van der Waals surface area contributed by atoms with Gasteiger partial charge in [-0.25, -0.2) is 0 Å². The quantitative estimate of drug-likeness (QED) is 0.861. The van der Waals surface area contributed by atoms with Gasteiger partial charge in [0.15, 0.2) is 0 Å². The van der Waals surface area contributed by atoms with Crippen molar-refractivity contribution >= 4 is 0 Å². The molecule has 0 bridgehead atoms. The van der Waals surface area contributed by atoms with Crippen molar-refractivity contribution < 1.29 is 18.3 Å². The van der Waals surface area contributed by atoms with E-state index in [1.54, 1.807) is 12.1 Å². The molecule has 0 fully saturated rings. The van der Waals surface area contributed by atoms with Crippen LogP contribution >= 0.6 is 0 Å². The van der Waals surface area contributed by atoms with Crippen LogP contribution in [0.4, 0.5) is 13.2 Å². The first kappa shape index (κ1) is 16.0. The van der Waals surface area contributed by atoms with E-state index in [2.05, 4.69) is 0 Å². The lowest BCUT2D eigenvalue weighted by molar-refractivity contribution is -0.148. The minimum atomic E-state index is -4.24. The second-order valence-corrected chi connectivity index (χ2v) is 4.72. The molecule has 0 spiro atoms. The van der Waals surface area contributed by atoms with E-state index in [4.69, 9.17) is 0 Å². The Labute approximate surface area is 111 Å². The number of benzene rings is 1. The first-order valence-electron chi connectivity index (χ1n) is 6.36. The summed E-state index contributed by atoms with van der Waals surface area (Å²) in [5, 5.41) is 10.1. The van der Waals surface area contributed by atoms with Crippen LogP contribution < -0.4 is 0 Å². The van der Waals surface area contributed by atoms with Gasteiger partial charge in [-0.15, -0.1) is 0 Å². The van der Waals surface area contributed by atoms with Crippen LogP contribution in [0, 0.1) is 6.92 Å². The number of aliphatic hydroxyl groups excluding tert-OH is 1. The molecular weight excluding hydrogens is 255 g/mol. The second kappa shape index (κ2) is 6.91. The van der Waals surface area contributed by atoms with Crippen LogP contribution in [0.2, 0.25) is 0 Å². The van der Waals surface area contributed by atoms with Crippen LogP contribution in [0.1, 0.15) is 30.6 Å². The molecule has 2 nitrogen and oxygen atoms in total. The summed E-state index contributed by atoms with van der Waals surface area (Å²) in [5.41, 5.74) is 1.57. The Bertz CT molecular complexity index is 393. The van der Waals surface area contributed by atoms with Crippen LogP contribution in [-0.2, 0) is 0 Å². The van der Waals surface area contributed by atoms with Crippen molar-refractivity contribution in [2.45, 2.75) is 32.5 Å². The molecule has 1 aromatic carbocycles. The number of aryl methyl sites for hydroxylation is 1. The molecule has 0 amide bonds. The van der Waals surface area contributed by atoms with E-state index in [0.717, 1.165) is 5.56 Å². The van der Waals surface area contributed by atoms with Gasteiger partial charge >= 0.3 is 6.18 Å². The van der Waals surface area contributed by atoms with Gasteiger partial charge in [-0.05, 0) is 31.0 Å². The van der Waals surface area contributed by atoms with Crippen LogP contribution in [-0.4, -0.2) is 35.8 Å². The third-order valence-corrected chi connectivity index (χ3v) is 2.92. The van der Waals surface area contributed by atoms with E-state index in [1.807, 2.05) is 26.0 Å². The molecule has 1 atom stereocenters. The number of hydrogen-bond donors (Lipinski definition) is 1. The smallest absolute Gasteiger partial charge is 0.387 e. The van der Waals surface area contributed by atoms with E-state index >= 15 is 0 Å². The Morgan fingerprint density at radius 2 is 1.89 bits per heavy atom. The van der Waals surface area contributed by atoms with Gasteiger partial charge < -0.3 is 5.11 Å². The maximum Gasteiger partial charge on any atom is 0.401 e. The highest BCUT2D eigenvalue weighted by Gasteiger charge is 2.31. The first-order valence-corrected chi connectivity index (χ1v) is 6.36. The van der Waals surface area contributed by atoms with Gasteiger partial charge in [0.05, 0.1) is 12.6 Å². The van der Waals surface area contributed by atoms with Crippen molar-refractivity contribution in [1.29, 1.82) is 0 Å². The van der Waals surface area contributed by atoms with E-state index in [-0.39, 0.29) is 6.54 Å². The summed E-state index contributed by atoms with van der Waals surface area (Å²) in [5.74, 6) is 0. The SMILES string of the molecule is CCCN(CC(O)c1ccccc1C)CC(F)(F)F. The first-order chi connectivity index (χ1) is 8.83. The van der Waals surface area contributed by atoms with Gasteiger partial charge in [-0.2, -0.15) is 13.2 Å². The van der Waals surface area contributed by atoms with Crippen LogP contribution in [0.3, 0.4) is 0 Å². The molecular formula is C14H20F3NO. The van der Waals surface area contributed by atoms with Gasteiger partial charge in [-0.3, -0.25) is 4.90 Å². The highest BCUT2D eigenvalue weighted by molar-refractivity contribution is 5.27. The van der Waals surface area contributed by atoms with Crippen molar-refractivity contribution in [3.63, 3.8) is 0 Å². The number of hydrogen-bond acceptors (Lipinski definition) is 2. The molecule has 0 heterocycles. The Kier molecular flexibility index (Phi) is 5.82. The molecule has 5 heteroatoms. The third kappa shape index (κ3) is 5.61. The summed E-state index contributed by atoms with van der Waals surface area (Å²) in [6.07, 6.45) is -4.51. The fraction of sp³-hybridized carbons (Fsp3) is 0.571. The van der Waals surface area contributed by atoms with E-state index in [0.29, 0.717) is 18.5 Å². The summed E-state index contributed by atoms with van der Waals surface area (Å²) in [4.78, 5) is 1.25. The summed E-state index contributed by atoms with van der Waals surface area (Å²) in [7, 11) is 0. The summed E-state index contributed by atoms with van der Waals surface area (Å²) < 4.78 is 37.3. The fourth-order valence-electron chi connectivity index (χ4n) is 2.11. The van der Waals surface area contributed by atoms with Crippen molar-refractivity contribution in [3.8, 4) is 0 Å². The largest absolute Gasteiger partial charge is 0.401 e. The number of halogens is 3. The molecule has 0 saturated heterocycles. The van der Waals surface area contributed by atoms with Gasteiger partial charge in [0, 0.05) is 6.54 Å². The molecule has 1 rings (SSSR count).